The molecule has 0 radical (unpaired) electrons. The lowest BCUT2D eigenvalue weighted by Gasteiger charge is -2.22. The highest BCUT2D eigenvalue weighted by atomic mass is 32.2. The summed E-state index contributed by atoms with van der Waals surface area (Å²) in [7, 11) is -3.69. The molecule has 7 heteroatoms. The van der Waals surface area contributed by atoms with E-state index >= 15 is 0 Å². The van der Waals surface area contributed by atoms with E-state index in [1.807, 2.05) is 13.8 Å². The van der Waals surface area contributed by atoms with Crippen LogP contribution in [0.1, 0.15) is 25.0 Å². The molecule has 1 heterocycles. The molecule has 1 aliphatic heterocycles. The number of benzene rings is 1. The molecule has 3 N–H and O–H groups in total. The first-order valence-electron chi connectivity index (χ1n) is 6.97. The number of rotatable bonds is 2. The summed E-state index contributed by atoms with van der Waals surface area (Å²) in [5.41, 5.74) is 2.02. The average Bonchev–Trinajstić information content (AvgIpc) is 2.58. The van der Waals surface area contributed by atoms with Crippen molar-refractivity contribution in [1.29, 1.82) is 0 Å². The molecule has 1 aromatic rings. The van der Waals surface area contributed by atoms with Gasteiger partial charge in [-0.1, -0.05) is 6.07 Å². The van der Waals surface area contributed by atoms with Crippen LogP contribution in [0.15, 0.2) is 23.1 Å². The minimum absolute atomic E-state index is 0.0792. The maximum absolute atomic E-state index is 12.0. The standard InChI is InChI=1S/C14H21N3O3S/c1-10(2)16-14(18)17-7-5-11-3-4-13(21(15,19)20)9-12(11)6-8-17/h3-4,9-10H,5-8H2,1-2H3,(H,16,18)(H2,15,19,20). The number of primary sulfonamides is 1. The molecule has 116 valence electrons. The van der Waals surface area contributed by atoms with Gasteiger partial charge in [-0.15, -0.1) is 0 Å². The minimum atomic E-state index is -3.69. The Balaban J connectivity index is 2.16. The molecule has 2 amide bonds. The monoisotopic (exact) mass is 311 g/mol. The van der Waals surface area contributed by atoms with Crippen LogP contribution in [-0.4, -0.2) is 38.5 Å². The molecule has 1 aliphatic rings. The van der Waals surface area contributed by atoms with Gasteiger partial charge in [0.05, 0.1) is 4.90 Å². The number of nitrogens with one attached hydrogen (secondary N) is 1. The fraction of sp³-hybridized carbons (Fsp3) is 0.500. The van der Waals surface area contributed by atoms with Gasteiger partial charge in [0.15, 0.2) is 0 Å². The third-order valence-corrected chi connectivity index (χ3v) is 4.42. The molecular formula is C14H21N3O3S. The molecule has 0 unspecified atom stereocenters. The number of carbonyl (C=O) groups excluding carboxylic acids is 1. The predicted octanol–water partition coefficient (Wildman–Crippen LogP) is 0.853. The van der Waals surface area contributed by atoms with Crippen LogP contribution in [0.25, 0.3) is 0 Å². The largest absolute Gasteiger partial charge is 0.336 e. The zero-order chi connectivity index (χ0) is 15.6. The summed E-state index contributed by atoms with van der Waals surface area (Å²) in [4.78, 5) is 13.9. The van der Waals surface area contributed by atoms with Crippen LogP contribution in [0.2, 0.25) is 0 Å². The van der Waals surface area contributed by atoms with Crippen molar-refractivity contribution >= 4 is 16.1 Å². The first kappa shape index (κ1) is 15.8. The van der Waals surface area contributed by atoms with Gasteiger partial charge in [-0.05, 0) is 49.9 Å². The molecule has 2 rings (SSSR count). The van der Waals surface area contributed by atoms with Crippen LogP contribution < -0.4 is 10.5 Å². The van der Waals surface area contributed by atoms with Crippen LogP contribution in [0.5, 0.6) is 0 Å². The first-order valence-corrected chi connectivity index (χ1v) is 8.52. The van der Waals surface area contributed by atoms with E-state index in [0.717, 1.165) is 11.1 Å². The molecule has 6 nitrogen and oxygen atoms in total. The van der Waals surface area contributed by atoms with Crippen molar-refractivity contribution < 1.29 is 13.2 Å². The molecule has 0 saturated heterocycles. The van der Waals surface area contributed by atoms with E-state index in [1.54, 1.807) is 17.0 Å². The molecule has 0 spiro atoms. The Hall–Kier alpha value is -1.60. The SMILES string of the molecule is CC(C)NC(=O)N1CCc2ccc(S(N)(=O)=O)cc2CC1. The number of hydrogen-bond donors (Lipinski definition) is 2. The second-order valence-electron chi connectivity index (χ2n) is 5.57. The van der Waals surface area contributed by atoms with E-state index < -0.39 is 10.0 Å². The van der Waals surface area contributed by atoms with Crippen LogP contribution in [0, 0.1) is 0 Å². The highest BCUT2D eigenvalue weighted by molar-refractivity contribution is 7.89. The van der Waals surface area contributed by atoms with Gasteiger partial charge in [-0.3, -0.25) is 0 Å². The first-order chi connectivity index (χ1) is 9.77. The fourth-order valence-electron chi connectivity index (χ4n) is 2.42. The van der Waals surface area contributed by atoms with Gasteiger partial charge in [0.25, 0.3) is 0 Å². The quantitative estimate of drug-likeness (QED) is 0.848. The number of hydrogen-bond acceptors (Lipinski definition) is 3. The van der Waals surface area contributed by atoms with Crippen LogP contribution in [-0.2, 0) is 22.9 Å². The van der Waals surface area contributed by atoms with Gasteiger partial charge in [-0.25, -0.2) is 18.4 Å². The number of fused-ring (bicyclic) bond motifs is 1. The van der Waals surface area contributed by atoms with Crippen molar-refractivity contribution in [2.75, 3.05) is 13.1 Å². The Morgan fingerprint density at radius 3 is 2.43 bits per heavy atom. The Kier molecular flexibility index (Phi) is 4.53. The third-order valence-electron chi connectivity index (χ3n) is 3.51. The van der Waals surface area contributed by atoms with E-state index in [2.05, 4.69) is 5.32 Å². The molecule has 0 atom stereocenters. The normalized spacial score (nSPS) is 15.5. The van der Waals surface area contributed by atoms with Gasteiger partial charge in [0, 0.05) is 19.1 Å². The number of urea groups is 1. The lowest BCUT2D eigenvalue weighted by molar-refractivity contribution is 0.197. The number of nitrogens with two attached hydrogens (primary N) is 1. The van der Waals surface area contributed by atoms with Gasteiger partial charge >= 0.3 is 6.03 Å². The summed E-state index contributed by atoms with van der Waals surface area (Å²) in [5, 5.41) is 8.03. The predicted molar refractivity (Wildman–Crippen MR) is 80.5 cm³/mol. The Bertz CT molecular complexity index is 641. The molecule has 0 saturated carbocycles. The molecule has 0 aliphatic carbocycles. The molecular weight excluding hydrogens is 290 g/mol. The summed E-state index contributed by atoms with van der Waals surface area (Å²) >= 11 is 0. The van der Waals surface area contributed by atoms with Gasteiger partial charge in [0.1, 0.15) is 0 Å². The smallest absolute Gasteiger partial charge is 0.317 e. The lowest BCUT2D eigenvalue weighted by atomic mass is 10.0. The molecule has 0 aromatic heterocycles. The third kappa shape index (κ3) is 3.95. The van der Waals surface area contributed by atoms with E-state index in [9.17, 15) is 13.2 Å². The number of carbonyl (C=O) groups is 1. The van der Waals surface area contributed by atoms with Crippen LogP contribution >= 0.6 is 0 Å². The zero-order valence-corrected chi connectivity index (χ0v) is 13.1. The second kappa shape index (κ2) is 6.03. The Morgan fingerprint density at radius 2 is 1.86 bits per heavy atom. The van der Waals surface area contributed by atoms with Crippen molar-refractivity contribution in [2.45, 2.75) is 37.6 Å². The van der Waals surface area contributed by atoms with E-state index in [4.69, 9.17) is 5.14 Å². The maximum atomic E-state index is 12.0. The fourth-order valence-corrected chi connectivity index (χ4v) is 2.98. The second-order valence-corrected chi connectivity index (χ2v) is 7.13. The average molecular weight is 311 g/mol. The van der Waals surface area contributed by atoms with Crippen molar-refractivity contribution in [2.24, 2.45) is 5.14 Å². The van der Waals surface area contributed by atoms with Crippen molar-refractivity contribution in [3.63, 3.8) is 0 Å². The van der Waals surface area contributed by atoms with Crippen LogP contribution in [0.3, 0.4) is 0 Å². The van der Waals surface area contributed by atoms with E-state index in [1.165, 1.54) is 6.07 Å². The van der Waals surface area contributed by atoms with E-state index in [-0.39, 0.29) is 17.0 Å². The summed E-state index contributed by atoms with van der Waals surface area (Å²) in [6.45, 7) is 5.03. The topological polar surface area (TPSA) is 92.5 Å². The molecule has 0 fully saturated rings. The Morgan fingerprint density at radius 1 is 1.24 bits per heavy atom. The number of nitrogens with zero attached hydrogens (tertiary/aromatic N) is 1. The highest BCUT2D eigenvalue weighted by Crippen LogP contribution is 2.20. The summed E-state index contributed by atoms with van der Waals surface area (Å²) in [5.74, 6) is 0. The minimum Gasteiger partial charge on any atom is -0.336 e. The van der Waals surface area contributed by atoms with Gasteiger partial charge < -0.3 is 10.2 Å². The van der Waals surface area contributed by atoms with Crippen molar-refractivity contribution in [1.82, 2.24) is 10.2 Å². The maximum Gasteiger partial charge on any atom is 0.317 e. The number of sulfonamides is 1. The summed E-state index contributed by atoms with van der Waals surface area (Å²) in [6.07, 6.45) is 1.34. The van der Waals surface area contributed by atoms with Crippen LogP contribution in [0.4, 0.5) is 4.79 Å². The van der Waals surface area contributed by atoms with Gasteiger partial charge in [-0.2, -0.15) is 0 Å². The van der Waals surface area contributed by atoms with Crippen molar-refractivity contribution in [3.8, 4) is 0 Å². The van der Waals surface area contributed by atoms with Gasteiger partial charge in [0.2, 0.25) is 10.0 Å². The number of amides is 2. The van der Waals surface area contributed by atoms with Crippen molar-refractivity contribution in [3.05, 3.63) is 29.3 Å². The molecule has 0 bridgehead atoms. The molecule has 1 aromatic carbocycles. The van der Waals surface area contributed by atoms with E-state index in [0.29, 0.717) is 25.9 Å². The highest BCUT2D eigenvalue weighted by Gasteiger charge is 2.20. The Labute approximate surface area is 125 Å². The lowest BCUT2D eigenvalue weighted by Crippen LogP contribution is -2.44. The zero-order valence-electron chi connectivity index (χ0n) is 12.3. The summed E-state index contributed by atoms with van der Waals surface area (Å²) in [6, 6.07) is 4.95. The summed E-state index contributed by atoms with van der Waals surface area (Å²) < 4.78 is 22.8. The molecule has 21 heavy (non-hydrogen) atoms.